The van der Waals surface area contributed by atoms with Gasteiger partial charge in [-0.15, -0.1) is 11.8 Å². The summed E-state index contributed by atoms with van der Waals surface area (Å²) in [4.78, 5) is 30.6. The molecular formula is C11H13N3O4S. The fourth-order valence-electron chi connectivity index (χ4n) is 3.23. The van der Waals surface area contributed by atoms with Crippen molar-refractivity contribution in [1.29, 1.82) is 0 Å². The molecule has 7 nitrogen and oxygen atoms in total. The quantitative estimate of drug-likeness (QED) is 0.650. The molecule has 0 amide bonds. The van der Waals surface area contributed by atoms with E-state index >= 15 is 0 Å². The number of hydrogen-bond donors (Lipinski definition) is 3. The number of carbonyl (C=O) groups is 2. The lowest BCUT2D eigenvalue weighted by molar-refractivity contribution is -0.145. The second-order valence-corrected chi connectivity index (χ2v) is 6.38. The predicted octanol–water partition coefficient (Wildman–Crippen LogP) is -0.339. The van der Waals surface area contributed by atoms with Crippen LogP contribution in [0.1, 0.15) is 6.42 Å². The van der Waals surface area contributed by atoms with Crippen molar-refractivity contribution in [2.24, 2.45) is 33.5 Å². The molecule has 5 atom stereocenters. The number of thioether (sulfide) groups is 1. The predicted molar refractivity (Wildman–Crippen MR) is 69.5 cm³/mol. The fraction of sp³-hybridized carbons (Fsp3) is 0.636. The first-order valence-corrected chi connectivity index (χ1v) is 6.79. The van der Waals surface area contributed by atoms with Crippen LogP contribution in [0.2, 0.25) is 0 Å². The molecule has 102 valence electrons. The standard InChI is InChI=1S/C11H13N3O4S/c12-11(10(17)18)1-4(19-5-2-13-3-14-5)6-7(8(6)11)9(15)16/h2,4,6-8H,1,3,12H2,(H,15,16)(H,17,18)/t4-,6+,7+,8+,11+/m1/s1. The molecule has 0 saturated heterocycles. The van der Waals surface area contributed by atoms with E-state index in [0.717, 1.165) is 5.04 Å². The minimum absolute atomic E-state index is 0.115. The Hall–Kier alpha value is -1.41. The first-order valence-electron chi connectivity index (χ1n) is 5.91. The van der Waals surface area contributed by atoms with Crippen molar-refractivity contribution in [3.8, 4) is 0 Å². The SMILES string of the molecule is N[C@@]1(C(=O)O)C[C@@H](SC2=NCN=C2)[C@H]2[C@H](C(=O)O)[C@H]21. The van der Waals surface area contributed by atoms with Crippen LogP contribution < -0.4 is 5.73 Å². The molecule has 1 aliphatic heterocycles. The molecule has 2 aliphatic carbocycles. The Morgan fingerprint density at radius 3 is 2.74 bits per heavy atom. The lowest BCUT2D eigenvalue weighted by atomic mass is 9.91. The number of carboxylic acid groups (broad SMARTS) is 2. The maximum atomic E-state index is 11.3. The Balaban J connectivity index is 1.82. The number of aliphatic carboxylic acids is 2. The van der Waals surface area contributed by atoms with E-state index in [9.17, 15) is 14.7 Å². The molecule has 3 rings (SSSR count). The Bertz CT molecular complexity index is 520. The van der Waals surface area contributed by atoms with E-state index in [1.54, 1.807) is 6.21 Å². The molecule has 4 N–H and O–H groups in total. The smallest absolute Gasteiger partial charge is 0.324 e. The second-order valence-electron chi connectivity index (χ2n) is 5.12. The van der Waals surface area contributed by atoms with Gasteiger partial charge in [-0.3, -0.25) is 19.6 Å². The number of hydrogen-bond acceptors (Lipinski definition) is 6. The summed E-state index contributed by atoms with van der Waals surface area (Å²) in [5.74, 6) is -3.37. The molecule has 1 heterocycles. The zero-order valence-electron chi connectivity index (χ0n) is 9.89. The van der Waals surface area contributed by atoms with Crippen molar-refractivity contribution in [2.45, 2.75) is 17.2 Å². The molecule has 8 heteroatoms. The topological polar surface area (TPSA) is 125 Å². The van der Waals surface area contributed by atoms with Crippen LogP contribution in [0.3, 0.4) is 0 Å². The summed E-state index contributed by atoms with van der Waals surface area (Å²) >= 11 is 1.40. The van der Waals surface area contributed by atoms with Crippen molar-refractivity contribution >= 4 is 35.0 Å². The highest BCUT2D eigenvalue weighted by atomic mass is 32.2. The number of aliphatic imine (C=N–C) groups is 2. The van der Waals surface area contributed by atoms with Gasteiger partial charge in [0.1, 0.15) is 17.3 Å². The number of rotatable bonds is 3. The van der Waals surface area contributed by atoms with E-state index in [0.29, 0.717) is 6.67 Å². The van der Waals surface area contributed by atoms with Crippen molar-refractivity contribution in [3.05, 3.63) is 0 Å². The molecule has 3 aliphatic rings. The van der Waals surface area contributed by atoms with E-state index in [2.05, 4.69) is 9.98 Å². The molecule has 0 unspecified atom stereocenters. The highest BCUT2D eigenvalue weighted by Gasteiger charge is 2.74. The monoisotopic (exact) mass is 283 g/mol. The number of carboxylic acids is 2. The molecule has 2 saturated carbocycles. The van der Waals surface area contributed by atoms with Gasteiger partial charge in [0.25, 0.3) is 0 Å². The lowest BCUT2D eigenvalue weighted by Gasteiger charge is -2.23. The minimum Gasteiger partial charge on any atom is -0.481 e. The van der Waals surface area contributed by atoms with Crippen LogP contribution >= 0.6 is 11.8 Å². The Morgan fingerprint density at radius 2 is 2.21 bits per heavy atom. The van der Waals surface area contributed by atoms with Crippen molar-refractivity contribution in [3.63, 3.8) is 0 Å². The normalized spacial score (nSPS) is 42.9. The zero-order valence-corrected chi connectivity index (χ0v) is 10.7. The summed E-state index contributed by atoms with van der Waals surface area (Å²) in [6.07, 6.45) is 1.91. The van der Waals surface area contributed by atoms with Crippen LogP contribution in [0.15, 0.2) is 9.98 Å². The van der Waals surface area contributed by atoms with Gasteiger partial charge in [-0.25, -0.2) is 0 Å². The van der Waals surface area contributed by atoms with E-state index in [4.69, 9.17) is 10.8 Å². The molecule has 0 radical (unpaired) electrons. The molecular weight excluding hydrogens is 270 g/mol. The molecule has 19 heavy (non-hydrogen) atoms. The van der Waals surface area contributed by atoms with Gasteiger partial charge in [0.05, 0.1) is 12.1 Å². The summed E-state index contributed by atoms with van der Waals surface area (Å²) < 4.78 is 0. The highest BCUT2D eigenvalue weighted by Crippen LogP contribution is 2.64. The second kappa shape index (κ2) is 4.04. The maximum absolute atomic E-state index is 11.3. The van der Waals surface area contributed by atoms with Crippen LogP contribution in [0.5, 0.6) is 0 Å². The molecule has 0 spiro atoms. The van der Waals surface area contributed by atoms with E-state index in [1.807, 2.05) is 0 Å². The van der Waals surface area contributed by atoms with Crippen molar-refractivity contribution in [2.75, 3.05) is 6.67 Å². The van der Waals surface area contributed by atoms with Crippen LogP contribution in [-0.2, 0) is 9.59 Å². The van der Waals surface area contributed by atoms with Gasteiger partial charge in [0.15, 0.2) is 0 Å². The molecule has 2 fully saturated rings. The first kappa shape index (κ1) is 12.6. The third-order valence-electron chi connectivity index (χ3n) is 4.10. The van der Waals surface area contributed by atoms with E-state index < -0.39 is 29.3 Å². The van der Waals surface area contributed by atoms with Gasteiger partial charge in [0, 0.05) is 11.2 Å². The van der Waals surface area contributed by atoms with Crippen LogP contribution in [0, 0.1) is 17.8 Å². The molecule has 0 bridgehead atoms. The summed E-state index contributed by atoms with van der Waals surface area (Å²) in [7, 11) is 0. The average Bonchev–Trinajstić information content (AvgIpc) is 2.77. The Kier molecular flexibility index (Phi) is 2.68. The van der Waals surface area contributed by atoms with Gasteiger partial charge >= 0.3 is 11.9 Å². The summed E-state index contributed by atoms with van der Waals surface area (Å²) in [5.41, 5.74) is 4.50. The van der Waals surface area contributed by atoms with Gasteiger partial charge < -0.3 is 15.9 Å². The highest BCUT2D eigenvalue weighted by molar-refractivity contribution is 8.16. The Morgan fingerprint density at radius 1 is 1.47 bits per heavy atom. The van der Waals surface area contributed by atoms with Crippen LogP contribution in [0.25, 0.3) is 0 Å². The third-order valence-corrected chi connectivity index (χ3v) is 5.36. The van der Waals surface area contributed by atoms with Gasteiger partial charge in [-0.2, -0.15) is 0 Å². The van der Waals surface area contributed by atoms with Crippen LogP contribution in [-0.4, -0.2) is 50.9 Å². The zero-order chi connectivity index (χ0) is 13.8. The minimum atomic E-state index is -1.43. The Labute approximate surface area is 113 Å². The summed E-state index contributed by atoms with van der Waals surface area (Å²) in [5, 5.41) is 19.0. The number of fused-ring (bicyclic) bond motifs is 1. The van der Waals surface area contributed by atoms with Crippen LogP contribution in [0.4, 0.5) is 0 Å². The summed E-state index contributed by atoms with van der Waals surface area (Å²) in [6.45, 7) is 0.387. The fourth-order valence-corrected chi connectivity index (χ4v) is 4.66. The molecule has 0 aromatic heterocycles. The van der Waals surface area contributed by atoms with Gasteiger partial charge in [-0.1, -0.05) is 0 Å². The van der Waals surface area contributed by atoms with Crippen molar-refractivity contribution in [1.82, 2.24) is 0 Å². The van der Waals surface area contributed by atoms with Gasteiger partial charge in [0.2, 0.25) is 0 Å². The molecule has 0 aromatic rings. The molecule has 0 aromatic carbocycles. The maximum Gasteiger partial charge on any atom is 0.324 e. The van der Waals surface area contributed by atoms with Gasteiger partial charge in [-0.05, 0) is 12.3 Å². The average molecular weight is 283 g/mol. The van der Waals surface area contributed by atoms with E-state index in [-0.39, 0.29) is 17.6 Å². The summed E-state index contributed by atoms with van der Waals surface area (Å²) in [6, 6.07) is 0. The number of nitrogens with two attached hydrogens (primary N) is 1. The largest absolute Gasteiger partial charge is 0.481 e. The third kappa shape index (κ3) is 1.78. The van der Waals surface area contributed by atoms with E-state index in [1.165, 1.54) is 11.8 Å². The number of nitrogens with zero attached hydrogens (tertiary/aromatic N) is 2. The lowest BCUT2D eigenvalue weighted by Crippen LogP contribution is -2.50. The first-order chi connectivity index (χ1) is 8.95. The van der Waals surface area contributed by atoms with Crippen molar-refractivity contribution < 1.29 is 19.8 Å².